The van der Waals surface area contributed by atoms with Crippen molar-refractivity contribution >= 4 is 40.1 Å². The third kappa shape index (κ3) is 6.37. The number of likely N-dealkylation sites (N-methyl/N-ethyl adjacent to an activating group) is 1. The van der Waals surface area contributed by atoms with Gasteiger partial charge in [-0.15, -0.1) is 11.3 Å². The zero-order valence-electron chi connectivity index (χ0n) is 23.2. The fraction of sp³-hybridized carbons (Fsp3) is 0.357. The largest absolute Gasteiger partial charge is 0.477 e. The Bertz CT molecular complexity index is 1750. The molecule has 5 heterocycles. The number of halogens is 3. The molecule has 4 aromatic heterocycles. The molecule has 2 amide bonds. The van der Waals surface area contributed by atoms with E-state index in [0.29, 0.717) is 18.6 Å². The SMILES string of the molecule is CCNC(=O)Nc1cc(-c2nc(C(F)(F)F)cs2)c(-c2cc3c(=O)c(C(=O)O)cn(CC4CCCCN4C)c3cn2)cn1. The lowest BCUT2D eigenvalue weighted by molar-refractivity contribution is -0.140. The van der Waals surface area contributed by atoms with E-state index < -0.39 is 34.9 Å². The summed E-state index contributed by atoms with van der Waals surface area (Å²) in [5.74, 6) is -1.32. The summed E-state index contributed by atoms with van der Waals surface area (Å²) in [5.41, 5.74) is -1.17. The quantitative estimate of drug-likeness (QED) is 0.266. The number of hydrogen-bond donors (Lipinski definition) is 3. The predicted molar refractivity (Wildman–Crippen MR) is 155 cm³/mol. The van der Waals surface area contributed by atoms with Crippen LogP contribution in [0.5, 0.6) is 0 Å². The fourth-order valence-corrected chi connectivity index (χ4v) is 5.95. The molecule has 4 aromatic rings. The number of carboxylic acids is 1. The highest BCUT2D eigenvalue weighted by atomic mass is 32.1. The predicted octanol–water partition coefficient (Wildman–Crippen LogP) is 4.92. The van der Waals surface area contributed by atoms with Crippen LogP contribution in [0.3, 0.4) is 0 Å². The number of carbonyl (C=O) groups is 2. The third-order valence-electron chi connectivity index (χ3n) is 7.31. The van der Waals surface area contributed by atoms with Gasteiger partial charge in [-0.2, -0.15) is 13.2 Å². The van der Waals surface area contributed by atoms with Crippen molar-refractivity contribution in [1.29, 1.82) is 0 Å². The van der Waals surface area contributed by atoms with Gasteiger partial charge in [-0.25, -0.2) is 19.6 Å². The van der Waals surface area contributed by atoms with Crippen LogP contribution in [0.15, 0.2) is 40.9 Å². The smallest absolute Gasteiger partial charge is 0.434 e. The van der Waals surface area contributed by atoms with Gasteiger partial charge in [0.1, 0.15) is 16.4 Å². The second kappa shape index (κ2) is 12.1. The number of aromatic nitrogens is 4. The van der Waals surface area contributed by atoms with Crippen LogP contribution in [0.2, 0.25) is 0 Å². The normalized spacial score (nSPS) is 15.9. The highest BCUT2D eigenvalue weighted by Crippen LogP contribution is 2.38. The molecule has 0 saturated carbocycles. The summed E-state index contributed by atoms with van der Waals surface area (Å²) < 4.78 is 41.9. The Hall–Kier alpha value is -4.37. The molecule has 1 unspecified atom stereocenters. The fourth-order valence-electron chi connectivity index (χ4n) is 5.09. The molecule has 3 N–H and O–H groups in total. The first kappa shape index (κ1) is 30.1. The first-order valence-electron chi connectivity index (χ1n) is 13.5. The molecule has 43 heavy (non-hydrogen) atoms. The number of urea groups is 1. The topological polar surface area (TPSA) is 142 Å². The van der Waals surface area contributed by atoms with Crippen LogP contribution in [0.1, 0.15) is 42.2 Å². The Kier molecular flexibility index (Phi) is 8.46. The Morgan fingerprint density at radius 2 is 1.95 bits per heavy atom. The van der Waals surface area contributed by atoms with Crippen LogP contribution in [0.4, 0.5) is 23.8 Å². The summed E-state index contributed by atoms with van der Waals surface area (Å²) in [6.07, 6.45) is 2.45. The minimum Gasteiger partial charge on any atom is -0.477 e. The van der Waals surface area contributed by atoms with E-state index in [1.54, 1.807) is 11.5 Å². The van der Waals surface area contributed by atoms with Gasteiger partial charge in [-0.3, -0.25) is 15.1 Å². The molecule has 11 nitrogen and oxygen atoms in total. The average molecular weight is 616 g/mol. The zero-order valence-corrected chi connectivity index (χ0v) is 24.1. The van der Waals surface area contributed by atoms with Crippen molar-refractivity contribution in [1.82, 2.24) is 29.7 Å². The van der Waals surface area contributed by atoms with E-state index in [2.05, 4.69) is 30.5 Å². The number of likely N-dealkylation sites (tertiary alicyclic amines) is 1. The van der Waals surface area contributed by atoms with Crippen LogP contribution in [-0.4, -0.2) is 67.7 Å². The summed E-state index contributed by atoms with van der Waals surface area (Å²) in [5, 5.41) is 15.8. The van der Waals surface area contributed by atoms with Crippen molar-refractivity contribution < 1.29 is 27.9 Å². The number of fused-ring (bicyclic) bond motifs is 1. The van der Waals surface area contributed by atoms with Crippen LogP contribution >= 0.6 is 11.3 Å². The van der Waals surface area contributed by atoms with Crippen LogP contribution in [0.25, 0.3) is 32.7 Å². The monoisotopic (exact) mass is 615 g/mol. The summed E-state index contributed by atoms with van der Waals surface area (Å²) >= 11 is 0.748. The molecule has 0 radical (unpaired) electrons. The molecule has 1 aliphatic heterocycles. The number of alkyl halides is 3. The maximum absolute atomic E-state index is 13.4. The van der Waals surface area contributed by atoms with Gasteiger partial charge in [-0.1, -0.05) is 6.42 Å². The Balaban J connectivity index is 1.65. The number of anilines is 1. The van der Waals surface area contributed by atoms with Gasteiger partial charge in [0.2, 0.25) is 5.43 Å². The standard InChI is InChI=1S/C28H28F3N7O4S/c1-3-32-27(42)36-23-9-16(25-35-22(14-43-25)28(29,30)31)18(10-34-23)20-8-17-21(11-33-20)38(13-19(24(17)39)26(40)41)12-15-6-4-5-7-37(15)2/h8-11,13-15H,3-7,12H2,1-2H3,(H,40,41)(H2,32,34,36,42). The molecule has 15 heteroatoms. The van der Waals surface area contributed by atoms with E-state index in [-0.39, 0.29) is 39.1 Å². The van der Waals surface area contributed by atoms with Crippen molar-refractivity contribution in [3.8, 4) is 21.8 Å². The number of piperidine rings is 1. The summed E-state index contributed by atoms with van der Waals surface area (Å²) in [7, 11) is 2.00. The van der Waals surface area contributed by atoms with Gasteiger partial charge in [-0.05, 0) is 45.5 Å². The molecule has 0 aromatic carbocycles. The van der Waals surface area contributed by atoms with Crippen molar-refractivity contribution in [2.24, 2.45) is 0 Å². The van der Waals surface area contributed by atoms with Crippen LogP contribution in [0, 0.1) is 0 Å². The van der Waals surface area contributed by atoms with Crippen LogP contribution in [-0.2, 0) is 12.7 Å². The van der Waals surface area contributed by atoms with E-state index in [0.717, 1.165) is 42.5 Å². The number of rotatable bonds is 7. The van der Waals surface area contributed by atoms with E-state index in [1.165, 1.54) is 30.7 Å². The lowest BCUT2D eigenvalue weighted by Crippen LogP contribution is -2.39. The molecule has 226 valence electrons. The number of amides is 2. The van der Waals surface area contributed by atoms with Gasteiger partial charge in [0.05, 0.1) is 22.8 Å². The van der Waals surface area contributed by atoms with Crippen molar-refractivity contribution in [2.45, 2.75) is 44.9 Å². The minimum atomic E-state index is -4.67. The average Bonchev–Trinajstić information content (AvgIpc) is 3.47. The first-order chi connectivity index (χ1) is 20.5. The molecule has 0 aliphatic carbocycles. The Labute approximate surface area is 247 Å². The number of nitrogens with one attached hydrogen (secondary N) is 2. The lowest BCUT2D eigenvalue weighted by Gasteiger charge is -2.33. The highest BCUT2D eigenvalue weighted by molar-refractivity contribution is 7.13. The number of thiazole rings is 1. The number of carboxylic acid groups (broad SMARTS) is 1. The van der Waals surface area contributed by atoms with Crippen LogP contribution < -0.4 is 16.1 Å². The van der Waals surface area contributed by atoms with E-state index in [1.807, 2.05) is 7.05 Å². The molecular weight excluding hydrogens is 587 g/mol. The summed E-state index contributed by atoms with van der Waals surface area (Å²) in [6, 6.07) is 2.37. The van der Waals surface area contributed by atoms with Crippen molar-refractivity contribution in [2.75, 3.05) is 25.5 Å². The second-order valence-electron chi connectivity index (χ2n) is 10.2. The molecule has 1 fully saturated rings. The molecule has 0 bridgehead atoms. The van der Waals surface area contributed by atoms with Gasteiger partial charge < -0.3 is 19.9 Å². The molecular formula is C28H28F3N7O4S. The Morgan fingerprint density at radius 1 is 1.16 bits per heavy atom. The summed E-state index contributed by atoms with van der Waals surface area (Å²) in [6.45, 7) is 3.41. The van der Waals surface area contributed by atoms with Crippen molar-refractivity contribution in [3.63, 3.8) is 0 Å². The lowest BCUT2D eigenvalue weighted by atomic mass is 10.0. The molecule has 5 rings (SSSR count). The van der Waals surface area contributed by atoms with Gasteiger partial charge in [0.15, 0.2) is 5.69 Å². The molecule has 0 spiro atoms. The van der Waals surface area contributed by atoms with E-state index in [9.17, 15) is 32.7 Å². The third-order valence-corrected chi connectivity index (χ3v) is 8.19. The number of hydrogen-bond acceptors (Lipinski definition) is 8. The number of nitrogens with zero attached hydrogens (tertiary/aromatic N) is 5. The maximum atomic E-state index is 13.4. The van der Waals surface area contributed by atoms with Gasteiger partial charge >= 0.3 is 18.2 Å². The minimum absolute atomic E-state index is 0.0115. The highest BCUT2D eigenvalue weighted by Gasteiger charge is 2.34. The van der Waals surface area contributed by atoms with E-state index in [4.69, 9.17) is 0 Å². The second-order valence-corrected chi connectivity index (χ2v) is 11.0. The maximum Gasteiger partial charge on any atom is 0.434 e. The molecule has 1 atom stereocenters. The number of aromatic carboxylic acids is 1. The summed E-state index contributed by atoms with van der Waals surface area (Å²) in [4.78, 5) is 52.2. The molecule has 1 aliphatic rings. The van der Waals surface area contributed by atoms with Gasteiger partial charge in [0.25, 0.3) is 0 Å². The number of pyridine rings is 3. The Morgan fingerprint density at radius 3 is 2.63 bits per heavy atom. The van der Waals surface area contributed by atoms with E-state index >= 15 is 0 Å². The number of carbonyl (C=O) groups excluding carboxylic acids is 1. The molecule has 1 saturated heterocycles. The first-order valence-corrected chi connectivity index (χ1v) is 14.4. The van der Waals surface area contributed by atoms with Gasteiger partial charge in [0, 0.05) is 48.0 Å². The zero-order chi connectivity index (χ0) is 30.9. The van der Waals surface area contributed by atoms with Crippen molar-refractivity contribution in [3.05, 3.63) is 57.6 Å².